The van der Waals surface area contributed by atoms with Crippen LogP contribution in [0.25, 0.3) is 0 Å². The van der Waals surface area contributed by atoms with Crippen LogP contribution < -0.4 is 11.1 Å². The van der Waals surface area contributed by atoms with E-state index >= 15 is 0 Å². The number of guanidine groups is 1. The van der Waals surface area contributed by atoms with Crippen molar-refractivity contribution in [3.8, 4) is 0 Å². The molecule has 5 nitrogen and oxygen atoms in total. The van der Waals surface area contributed by atoms with Crippen LogP contribution >= 0.6 is 24.0 Å². The maximum atomic E-state index is 11.2. The zero-order chi connectivity index (χ0) is 17.4. The summed E-state index contributed by atoms with van der Waals surface area (Å²) in [7, 11) is 0. The van der Waals surface area contributed by atoms with Crippen LogP contribution in [-0.2, 0) is 11.2 Å². The van der Waals surface area contributed by atoms with Gasteiger partial charge >= 0.3 is 0 Å². The van der Waals surface area contributed by atoms with E-state index in [0.717, 1.165) is 51.4 Å². The quantitative estimate of drug-likeness (QED) is 0.391. The molecule has 0 aromatic heterocycles. The number of nitrogens with two attached hydrogens (primary N) is 1. The number of aliphatic imine (C=N–C) groups is 1. The van der Waals surface area contributed by atoms with Crippen molar-refractivity contribution in [3.63, 3.8) is 0 Å². The third kappa shape index (κ3) is 7.22. The molecule has 1 aromatic rings. The molecule has 3 N–H and O–H groups in total. The molecule has 0 bridgehead atoms. The zero-order valence-corrected chi connectivity index (χ0v) is 17.7. The van der Waals surface area contributed by atoms with Crippen molar-refractivity contribution in [2.75, 3.05) is 26.2 Å². The second-order valence-corrected chi connectivity index (χ2v) is 6.54. The number of hydrogen-bond donors (Lipinski definition) is 2. The summed E-state index contributed by atoms with van der Waals surface area (Å²) in [5.74, 6) is 1.10. The van der Waals surface area contributed by atoms with Crippen molar-refractivity contribution in [1.29, 1.82) is 0 Å². The van der Waals surface area contributed by atoms with E-state index in [4.69, 9.17) is 10.7 Å². The van der Waals surface area contributed by atoms with Gasteiger partial charge in [-0.2, -0.15) is 0 Å². The average molecular weight is 458 g/mol. The number of amides is 1. The average Bonchev–Trinajstić information content (AvgIpc) is 2.55. The number of carbonyl (C=O) groups excluding carboxylic acids is 1. The van der Waals surface area contributed by atoms with Crippen LogP contribution in [0.1, 0.15) is 37.3 Å². The van der Waals surface area contributed by atoms with Gasteiger partial charge in [-0.25, -0.2) is 0 Å². The number of benzene rings is 1. The SMILES string of the molecule is CCNC(=NCCc1ccccc1C)N1CCCC(CC(N)=O)C1.I. The minimum absolute atomic E-state index is 0. The van der Waals surface area contributed by atoms with Crippen molar-refractivity contribution in [3.05, 3.63) is 35.4 Å². The molecule has 1 unspecified atom stereocenters. The summed E-state index contributed by atoms with van der Waals surface area (Å²) in [6.45, 7) is 7.69. The van der Waals surface area contributed by atoms with Gasteiger partial charge in [0.2, 0.25) is 5.91 Å². The monoisotopic (exact) mass is 458 g/mol. The second-order valence-electron chi connectivity index (χ2n) is 6.54. The van der Waals surface area contributed by atoms with E-state index in [0.29, 0.717) is 12.3 Å². The predicted octanol–water partition coefficient (Wildman–Crippen LogP) is 2.71. The van der Waals surface area contributed by atoms with E-state index in [9.17, 15) is 4.79 Å². The first kappa shape index (κ1) is 21.7. The predicted molar refractivity (Wildman–Crippen MR) is 114 cm³/mol. The number of primary amides is 1. The molecular formula is C19H31IN4O. The van der Waals surface area contributed by atoms with Gasteiger partial charge in [0.15, 0.2) is 5.96 Å². The summed E-state index contributed by atoms with van der Waals surface area (Å²) in [4.78, 5) is 18.3. The van der Waals surface area contributed by atoms with E-state index in [-0.39, 0.29) is 29.9 Å². The standard InChI is InChI=1S/C19H30N4O.HI/c1-3-21-19(22-11-10-17-9-5-4-7-15(17)2)23-12-6-8-16(14-23)13-18(20)24;/h4-5,7,9,16H,3,6,8,10-14H2,1-2H3,(H2,20,24)(H,21,22);1H. The van der Waals surface area contributed by atoms with Gasteiger partial charge in [0.05, 0.1) is 0 Å². The first-order valence-electron chi connectivity index (χ1n) is 8.96. The number of aryl methyl sites for hydroxylation is 1. The Bertz CT molecular complexity index is 576. The molecule has 25 heavy (non-hydrogen) atoms. The highest BCUT2D eigenvalue weighted by Crippen LogP contribution is 2.19. The Labute approximate surface area is 168 Å². The van der Waals surface area contributed by atoms with E-state index in [1.807, 2.05) is 0 Å². The topological polar surface area (TPSA) is 70.7 Å². The Morgan fingerprint density at radius 1 is 1.40 bits per heavy atom. The largest absolute Gasteiger partial charge is 0.370 e. The fourth-order valence-electron chi connectivity index (χ4n) is 3.31. The Morgan fingerprint density at radius 2 is 2.16 bits per heavy atom. The van der Waals surface area contributed by atoms with Gasteiger partial charge in [0.25, 0.3) is 0 Å². The number of piperidine rings is 1. The number of nitrogens with one attached hydrogen (secondary N) is 1. The first-order valence-corrected chi connectivity index (χ1v) is 8.96. The van der Waals surface area contributed by atoms with Gasteiger partial charge in [0, 0.05) is 32.6 Å². The van der Waals surface area contributed by atoms with E-state index in [1.165, 1.54) is 11.1 Å². The van der Waals surface area contributed by atoms with Crippen molar-refractivity contribution in [2.24, 2.45) is 16.6 Å². The molecule has 0 radical (unpaired) electrons. The second kappa shape index (κ2) is 11.3. The van der Waals surface area contributed by atoms with E-state index in [1.54, 1.807) is 0 Å². The van der Waals surface area contributed by atoms with Crippen molar-refractivity contribution < 1.29 is 4.79 Å². The number of nitrogens with zero attached hydrogens (tertiary/aromatic N) is 2. The fraction of sp³-hybridized carbons (Fsp3) is 0.579. The molecule has 1 fully saturated rings. The van der Waals surface area contributed by atoms with Gasteiger partial charge in [-0.05, 0) is 50.2 Å². The molecule has 1 aliphatic heterocycles. The normalized spacial score (nSPS) is 17.8. The van der Waals surface area contributed by atoms with Crippen molar-refractivity contribution >= 4 is 35.8 Å². The summed E-state index contributed by atoms with van der Waals surface area (Å²) < 4.78 is 0. The molecule has 1 aliphatic rings. The minimum atomic E-state index is -0.205. The highest BCUT2D eigenvalue weighted by atomic mass is 127. The summed E-state index contributed by atoms with van der Waals surface area (Å²) in [5.41, 5.74) is 8.03. The van der Waals surface area contributed by atoms with E-state index in [2.05, 4.69) is 48.3 Å². The van der Waals surface area contributed by atoms with Crippen LogP contribution in [0.4, 0.5) is 0 Å². The molecule has 1 heterocycles. The lowest BCUT2D eigenvalue weighted by Crippen LogP contribution is -2.47. The van der Waals surface area contributed by atoms with Gasteiger partial charge in [-0.3, -0.25) is 9.79 Å². The lowest BCUT2D eigenvalue weighted by molar-refractivity contribution is -0.119. The number of rotatable bonds is 6. The minimum Gasteiger partial charge on any atom is -0.370 e. The Morgan fingerprint density at radius 3 is 2.84 bits per heavy atom. The van der Waals surface area contributed by atoms with Crippen LogP contribution in [0.15, 0.2) is 29.3 Å². The van der Waals surface area contributed by atoms with Gasteiger partial charge in [-0.15, -0.1) is 24.0 Å². The molecule has 6 heteroatoms. The van der Waals surface area contributed by atoms with E-state index < -0.39 is 0 Å². The smallest absolute Gasteiger partial charge is 0.217 e. The summed E-state index contributed by atoms with van der Waals surface area (Å²) >= 11 is 0. The number of likely N-dealkylation sites (tertiary alicyclic amines) is 1. The molecule has 0 spiro atoms. The van der Waals surface area contributed by atoms with Crippen LogP contribution in [-0.4, -0.2) is 42.9 Å². The van der Waals surface area contributed by atoms with Gasteiger partial charge in [0.1, 0.15) is 0 Å². The van der Waals surface area contributed by atoms with Crippen LogP contribution in [0.2, 0.25) is 0 Å². The molecule has 1 atom stereocenters. The highest BCUT2D eigenvalue weighted by molar-refractivity contribution is 14.0. The van der Waals surface area contributed by atoms with Gasteiger partial charge in [-0.1, -0.05) is 24.3 Å². The van der Waals surface area contributed by atoms with Gasteiger partial charge < -0.3 is 16.0 Å². The Balaban J connectivity index is 0.00000312. The maximum Gasteiger partial charge on any atom is 0.217 e. The zero-order valence-electron chi connectivity index (χ0n) is 15.3. The molecule has 2 rings (SSSR count). The summed E-state index contributed by atoms with van der Waals surface area (Å²) in [6, 6.07) is 8.46. The molecule has 0 saturated carbocycles. The maximum absolute atomic E-state index is 11.2. The Kier molecular flexibility index (Phi) is 9.85. The molecule has 0 aliphatic carbocycles. The lowest BCUT2D eigenvalue weighted by Gasteiger charge is -2.34. The third-order valence-electron chi connectivity index (χ3n) is 4.55. The van der Waals surface area contributed by atoms with Crippen LogP contribution in [0, 0.1) is 12.8 Å². The highest BCUT2D eigenvalue weighted by Gasteiger charge is 2.23. The van der Waals surface area contributed by atoms with Crippen LogP contribution in [0.5, 0.6) is 0 Å². The number of halogens is 1. The molecule has 1 aromatic carbocycles. The number of carbonyl (C=O) groups is 1. The first-order chi connectivity index (χ1) is 11.6. The van der Waals surface area contributed by atoms with Crippen LogP contribution in [0.3, 0.4) is 0 Å². The molecule has 1 amide bonds. The lowest BCUT2D eigenvalue weighted by atomic mass is 9.95. The molecule has 1 saturated heterocycles. The summed E-state index contributed by atoms with van der Waals surface area (Å²) in [6.07, 6.45) is 3.57. The summed E-state index contributed by atoms with van der Waals surface area (Å²) in [5, 5.41) is 3.39. The molecular weight excluding hydrogens is 427 g/mol. The van der Waals surface area contributed by atoms with Crippen molar-refractivity contribution in [2.45, 2.75) is 39.5 Å². The fourth-order valence-corrected chi connectivity index (χ4v) is 3.31. The Hall–Kier alpha value is -1.31. The third-order valence-corrected chi connectivity index (χ3v) is 4.55. The molecule has 140 valence electrons. The van der Waals surface area contributed by atoms with Crippen molar-refractivity contribution in [1.82, 2.24) is 10.2 Å². The number of hydrogen-bond acceptors (Lipinski definition) is 2.